The molecule has 0 atom stereocenters. The van der Waals surface area contributed by atoms with Crippen molar-refractivity contribution in [2.45, 2.75) is 0 Å². The molecule has 2 aromatic carbocycles. The zero-order valence-electron chi connectivity index (χ0n) is 10.9. The van der Waals surface area contributed by atoms with Gasteiger partial charge < -0.3 is 10.5 Å². The molecule has 21 heavy (non-hydrogen) atoms. The van der Waals surface area contributed by atoms with Gasteiger partial charge in [-0.2, -0.15) is 0 Å². The van der Waals surface area contributed by atoms with Gasteiger partial charge in [0.25, 0.3) is 5.69 Å². The van der Waals surface area contributed by atoms with Crippen molar-refractivity contribution in [3.63, 3.8) is 0 Å². The Morgan fingerprint density at radius 3 is 2.62 bits per heavy atom. The number of anilines is 1. The second kappa shape index (κ2) is 5.09. The van der Waals surface area contributed by atoms with Crippen molar-refractivity contribution in [1.29, 1.82) is 0 Å². The highest BCUT2D eigenvalue weighted by Gasteiger charge is 2.15. The van der Waals surface area contributed by atoms with E-state index in [-0.39, 0.29) is 5.69 Å². The van der Waals surface area contributed by atoms with Crippen LogP contribution in [0.2, 0.25) is 0 Å². The first-order chi connectivity index (χ1) is 10.2. The molecule has 1 heterocycles. The molecule has 0 radical (unpaired) electrons. The van der Waals surface area contributed by atoms with E-state index in [1.165, 1.54) is 12.3 Å². The van der Waals surface area contributed by atoms with Crippen LogP contribution in [0, 0.1) is 10.1 Å². The molecule has 0 amide bonds. The lowest BCUT2D eigenvalue weighted by Gasteiger charge is -2.10. The highest BCUT2D eigenvalue weighted by Crippen LogP contribution is 2.36. The lowest BCUT2D eigenvalue weighted by Crippen LogP contribution is -1.94. The number of pyridine rings is 1. The number of benzene rings is 2. The fourth-order valence-electron chi connectivity index (χ4n) is 2.09. The van der Waals surface area contributed by atoms with Crippen molar-refractivity contribution in [3.8, 4) is 11.5 Å². The Bertz CT molecular complexity index is 833. The van der Waals surface area contributed by atoms with Crippen molar-refractivity contribution < 1.29 is 9.66 Å². The summed E-state index contributed by atoms with van der Waals surface area (Å²) in [7, 11) is 0. The van der Waals surface area contributed by atoms with Gasteiger partial charge in [-0.1, -0.05) is 12.1 Å². The second-order valence-corrected chi connectivity index (χ2v) is 4.40. The van der Waals surface area contributed by atoms with Gasteiger partial charge in [0.2, 0.25) is 0 Å². The van der Waals surface area contributed by atoms with Gasteiger partial charge in [0.05, 0.1) is 16.0 Å². The number of rotatable bonds is 3. The first-order valence-corrected chi connectivity index (χ1v) is 6.20. The summed E-state index contributed by atoms with van der Waals surface area (Å²) < 4.78 is 5.78. The molecule has 6 nitrogen and oxygen atoms in total. The van der Waals surface area contributed by atoms with E-state index in [2.05, 4.69) is 4.98 Å². The topological polar surface area (TPSA) is 91.3 Å². The van der Waals surface area contributed by atoms with Gasteiger partial charge in [-0.05, 0) is 24.3 Å². The number of nitrogen functional groups attached to an aromatic ring is 1. The predicted molar refractivity (Wildman–Crippen MR) is 79.3 cm³/mol. The van der Waals surface area contributed by atoms with Crippen molar-refractivity contribution in [1.82, 2.24) is 4.98 Å². The summed E-state index contributed by atoms with van der Waals surface area (Å²) in [6.07, 6.45) is 3.02. The van der Waals surface area contributed by atoms with Crippen molar-refractivity contribution in [2.24, 2.45) is 0 Å². The Balaban J connectivity index is 2.14. The Morgan fingerprint density at radius 2 is 1.86 bits per heavy atom. The lowest BCUT2D eigenvalue weighted by molar-refractivity contribution is -0.383. The minimum atomic E-state index is -0.440. The van der Waals surface area contributed by atoms with Gasteiger partial charge in [-0.3, -0.25) is 15.1 Å². The summed E-state index contributed by atoms with van der Waals surface area (Å²) in [6.45, 7) is 0. The Labute approximate surface area is 119 Å². The van der Waals surface area contributed by atoms with Crippen LogP contribution in [0.4, 0.5) is 11.4 Å². The van der Waals surface area contributed by atoms with Crippen molar-refractivity contribution >= 4 is 22.1 Å². The number of aromatic nitrogens is 1. The molecule has 104 valence electrons. The average Bonchev–Trinajstić information content (AvgIpc) is 2.49. The van der Waals surface area contributed by atoms with E-state index in [4.69, 9.17) is 10.5 Å². The molecule has 0 saturated carbocycles. The van der Waals surface area contributed by atoms with Gasteiger partial charge in [0, 0.05) is 23.8 Å². The summed E-state index contributed by atoms with van der Waals surface area (Å²) in [6, 6.07) is 11.7. The van der Waals surface area contributed by atoms with Crippen LogP contribution < -0.4 is 10.5 Å². The van der Waals surface area contributed by atoms with Crippen LogP contribution >= 0.6 is 0 Å². The van der Waals surface area contributed by atoms with Crippen LogP contribution in [0.25, 0.3) is 10.8 Å². The molecule has 0 fully saturated rings. The van der Waals surface area contributed by atoms with E-state index in [1.807, 2.05) is 0 Å². The molecule has 0 unspecified atom stereocenters. The minimum Gasteiger partial charge on any atom is -0.455 e. The van der Waals surface area contributed by atoms with Crippen LogP contribution in [0.1, 0.15) is 0 Å². The molecule has 3 aromatic rings. The smallest absolute Gasteiger partial charge is 0.279 e. The van der Waals surface area contributed by atoms with Gasteiger partial charge in [-0.15, -0.1) is 0 Å². The molecule has 0 aliphatic carbocycles. The molecular weight excluding hydrogens is 270 g/mol. The molecule has 1 aromatic heterocycles. The largest absolute Gasteiger partial charge is 0.455 e. The van der Waals surface area contributed by atoms with Crippen LogP contribution in [0.5, 0.6) is 11.5 Å². The fraction of sp³-hybridized carbons (Fsp3) is 0. The molecule has 0 bridgehead atoms. The van der Waals surface area contributed by atoms with E-state index in [9.17, 15) is 10.1 Å². The third kappa shape index (κ3) is 2.34. The number of non-ortho nitro benzene ring substituents is 1. The SMILES string of the molecule is Nc1ccccc1Oc1ccc([N+](=O)[O-])c2cnccc12. The maximum Gasteiger partial charge on any atom is 0.279 e. The number of hydrogen-bond donors (Lipinski definition) is 1. The van der Waals surface area contributed by atoms with E-state index in [0.29, 0.717) is 28.0 Å². The Kier molecular flexibility index (Phi) is 3.12. The number of fused-ring (bicyclic) bond motifs is 1. The minimum absolute atomic E-state index is 0.00789. The van der Waals surface area contributed by atoms with E-state index in [0.717, 1.165) is 0 Å². The molecule has 3 rings (SSSR count). The third-order valence-corrected chi connectivity index (χ3v) is 3.09. The predicted octanol–water partition coefficient (Wildman–Crippen LogP) is 3.52. The molecule has 0 aliphatic rings. The highest BCUT2D eigenvalue weighted by atomic mass is 16.6. The quantitative estimate of drug-likeness (QED) is 0.450. The number of hydrogen-bond acceptors (Lipinski definition) is 5. The number of nitro groups is 1. The average molecular weight is 281 g/mol. The van der Waals surface area contributed by atoms with E-state index in [1.54, 1.807) is 42.6 Å². The Morgan fingerprint density at radius 1 is 1.05 bits per heavy atom. The fourth-order valence-corrected chi connectivity index (χ4v) is 2.09. The number of para-hydroxylation sites is 2. The van der Waals surface area contributed by atoms with Gasteiger partial charge >= 0.3 is 0 Å². The molecular formula is C15H11N3O3. The number of nitro benzene ring substituents is 1. The van der Waals surface area contributed by atoms with E-state index >= 15 is 0 Å². The van der Waals surface area contributed by atoms with Gasteiger partial charge in [-0.25, -0.2) is 0 Å². The summed E-state index contributed by atoms with van der Waals surface area (Å²) in [5.74, 6) is 1.00. The van der Waals surface area contributed by atoms with Crippen LogP contribution in [-0.4, -0.2) is 9.91 Å². The maximum absolute atomic E-state index is 11.1. The van der Waals surface area contributed by atoms with Crippen LogP contribution in [0.15, 0.2) is 54.9 Å². The first kappa shape index (κ1) is 12.9. The molecule has 0 spiro atoms. The number of nitrogens with two attached hydrogens (primary N) is 1. The number of nitrogens with zero attached hydrogens (tertiary/aromatic N) is 2. The number of ether oxygens (including phenoxy) is 1. The van der Waals surface area contributed by atoms with E-state index < -0.39 is 4.92 Å². The zero-order valence-corrected chi connectivity index (χ0v) is 10.9. The summed E-state index contributed by atoms with van der Waals surface area (Å²) in [4.78, 5) is 14.6. The standard InChI is InChI=1S/C15H11N3O3/c16-12-3-1-2-4-15(12)21-14-6-5-13(18(19)20)11-9-17-8-7-10(11)14/h1-9H,16H2. The maximum atomic E-state index is 11.1. The first-order valence-electron chi connectivity index (χ1n) is 6.20. The zero-order chi connectivity index (χ0) is 14.8. The Hall–Kier alpha value is -3.15. The molecule has 0 aliphatic heterocycles. The lowest BCUT2D eigenvalue weighted by atomic mass is 10.1. The van der Waals surface area contributed by atoms with Crippen molar-refractivity contribution in [2.75, 3.05) is 5.73 Å². The highest BCUT2D eigenvalue weighted by molar-refractivity contribution is 5.94. The monoisotopic (exact) mass is 281 g/mol. The third-order valence-electron chi connectivity index (χ3n) is 3.09. The molecule has 6 heteroatoms. The second-order valence-electron chi connectivity index (χ2n) is 4.40. The van der Waals surface area contributed by atoms with Gasteiger partial charge in [0.15, 0.2) is 0 Å². The van der Waals surface area contributed by atoms with Crippen molar-refractivity contribution in [3.05, 3.63) is 65.0 Å². The molecule has 0 saturated heterocycles. The molecule has 2 N–H and O–H groups in total. The summed E-state index contributed by atoms with van der Waals surface area (Å²) in [5.41, 5.74) is 6.34. The van der Waals surface area contributed by atoms with Gasteiger partial charge in [0.1, 0.15) is 11.5 Å². The normalized spacial score (nSPS) is 10.5. The van der Waals surface area contributed by atoms with Crippen LogP contribution in [0.3, 0.4) is 0 Å². The van der Waals surface area contributed by atoms with Crippen LogP contribution in [-0.2, 0) is 0 Å². The summed E-state index contributed by atoms with van der Waals surface area (Å²) >= 11 is 0. The summed E-state index contributed by atoms with van der Waals surface area (Å²) in [5, 5.41) is 12.1.